The fourth-order valence-corrected chi connectivity index (χ4v) is 3.00. The Morgan fingerprint density at radius 2 is 2.39 bits per heavy atom. The lowest BCUT2D eigenvalue weighted by atomic mass is 10.2. The monoisotopic (exact) mass is 287 g/mol. The number of thioether (sulfide) groups is 1. The molecule has 0 spiro atoms. The van der Waals surface area contributed by atoms with Crippen LogP contribution in [0.3, 0.4) is 0 Å². The first kappa shape index (κ1) is 15.1. The van der Waals surface area contributed by atoms with Crippen LogP contribution in [-0.4, -0.2) is 28.4 Å². The third-order valence-electron chi connectivity index (χ3n) is 2.74. The Hall–Kier alpha value is -0.940. The molecule has 100 valence electrons. The Morgan fingerprint density at radius 3 is 3.00 bits per heavy atom. The Labute approximate surface area is 118 Å². The summed E-state index contributed by atoms with van der Waals surface area (Å²) < 4.78 is 0. The first-order valence-electron chi connectivity index (χ1n) is 5.83. The summed E-state index contributed by atoms with van der Waals surface area (Å²) in [5.74, 6) is 1.26. The molecule has 0 saturated carbocycles. The molecule has 3 N–H and O–H groups in total. The third-order valence-corrected chi connectivity index (χ3v) is 4.14. The van der Waals surface area contributed by atoms with Crippen LogP contribution in [0.15, 0.2) is 18.3 Å². The van der Waals surface area contributed by atoms with Crippen molar-refractivity contribution < 1.29 is 4.79 Å². The molecule has 1 saturated heterocycles. The number of carbonyl (C=O) groups is 1. The zero-order valence-corrected chi connectivity index (χ0v) is 11.7. The van der Waals surface area contributed by atoms with Crippen molar-refractivity contribution in [2.24, 2.45) is 0 Å². The average molecular weight is 288 g/mol. The number of nitrogen functional groups attached to an aromatic ring is 1. The Kier molecular flexibility index (Phi) is 6.29. The Balaban J connectivity index is 0.00000162. The topological polar surface area (TPSA) is 68.0 Å². The second-order valence-electron chi connectivity index (χ2n) is 4.20. The maximum Gasteiger partial charge on any atom is 0.226 e. The highest BCUT2D eigenvalue weighted by atomic mass is 35.5. The summed E-state index contributed by atoms with van der Waals surface area (Å²) in [6.45, 7) is 0.776. The van der Waals surface area contributed by atoms with E-state index in [1.165, 1.54) is 18.6 Å². The van der Waals surface area contributed by atoms with Crippen LogP contribution in [0.4, 0.5) is 5.69 Å². The highest BCUT2D eigenvalue weighted by Gasteiger charge is 2.16. The molecule has 6 heteroatoms. The van der Waals surface area contributed by atoms with E-state index >= 15 is 0 Å². The van der Waals surface area contributed by atoms with E-state index in [2.05, 4.69) is 10.3 Å². The standard InChI is InChI=1S/C12H17N3OS.ClH/c13-9-3-4-10(14-7-9)6-12(16)15-8-11-2-1-5-17-11;/h3-4,7,11H,1-2,5-6,8,13H2,(H,15,16);1H. The van der Waals surface area contributed by atoms with Crippen LogP contribution in [0.5, 0.6) is 0 Å². The molecule has 1 aliphatic rings. The molecule has 2 heterocycles. The highest BCUT2D eigenvalue weighted by Crippen LogP contribution is 2.25. The van der Waals surface area contributed by atoms with Crippen molar-refractivity contribution in [2.45, 2.75) is 24.5 Å². The summed E-state index contributed by atoms with van der Waals surface area (Å²) in [4.78, 5) is 15.8. The minimum absolute atomic E-state index is 0. The molecule has 18 heavy (non-hydrogen) atoms. The van der Waals surface area contributed by atoms with E-state index in [-0.39, 0.29) is 18.3 Å². The quantitative estimate of drug-likeness (QED) is 0.883. The first-order chi connectivity index (χ1) is 8.24. The van der Waals surface area contributed by atoms with Crippen LogP contribution in [0.25, 0.3) is 0 Å². The maximum atomic E-state index is 11.7. The molecular weight excluding hydrogens is 270 g/mol. The molecular formula is C12H18ClN3OS. The number of halogens is 1. The van der Waals surface area contributed by atoms with Crippen LogP contribution in [0.2, 0.25) is 0 Å². The summed E-state index contributed by atoms with van der Waals surface area (Å²) in [5, 5.41) is 3.55. The van der Waals surface area contributed by atoms with Gasteiger partial charge in [0.05, 0.1) is 18.3 Å². The molecule has 0 radical (unpaired) electrons. The largest absolute Gasteiger partial charge is 0.397 e. The Bertz CT molecular complexity index is 379. The number of aromatic nitrogens is 1. The molecule has 1 amide bonds. The minimum Gasteiger partial charge on any atom is -0.397 e. The lowest BCUT2D eigenvalue weighted by Gasteiger charge is -2.09. The number of hydrogen-bond donors (Lipinski definition) is 2. The number of nitrogens with two attached hydrogens (primary N) is 1. The van der Waals surface area contributed by atoms with Gasteiger partial charge in [0.15, 0.2) is 0 Å². The SMILES string of the molecule is Cl.Nc1ccc(CC(=O)NCC2CCCS2)nc1. The van der Waals surface area contributed by atoms with Crippen molar-refractivity contribution >= 4 is 35.8 Å². The molecule has 1 unspecified atom stereocenters. The number of carbonyl (C=O) groups excluding carboxylic acids is 1. The van der Waals surface area contributed by atoms with Gasteiger partial charge in [0.25, 0.3) is 0 Å². The number of amides is 1. The zero-order chi connectivity index (χ0) is 12.1. The van der Waals surface area contributed by atoms with E-state index in [9.17, 15) is 4.79 Å². The molecule has 0 bridgehead atoms. The van der Waals surface area contributed by atoms with Gasteiger partial charge in [0, 0.05) is 17.5 Å². The Morgan fingerprint density at radius 1 is 1.56 bits per heavy atom. The summed E-state index contributed by atoms with van der Waals surface area (Å²) in [6.07, 6.45) is 4.39. The highest BCUT2D eigenvalue weighted by molar-refractivity contribution is 8.00. The first-order valence-corrected chi connectivity index (χ1v) is 6.87. The second-order valence-corrected chi connectivity index (χ2v) is 5.61. The molecule has 1 aliphatic heterocycles. The summed E-state index contributed by atoms with van der Waals surface area (Å²) in [6, 6.07) is 3.56. The number of pyridine rings is 1. The van der Waals surface area contributed by atoms with E-state index in [0.29, 0.717) is 17.4 Å². The normalized spacial score (nSPS) is 18.1. The van der Waals surface area contributed by atoms with Gasteiger partial charge < -0.3 is 11.1 Å². The molecule has 1 atom stereocenters. The van der Waals surface area contributed by atoms with Gasteiger partial charge in [-0.15, -0.1) is 12.4 Å². The van der Waals surface area contributed by atoms with Gasteiger partial charge in [-0.3, -0.25) is 9.78 Å². The lowest BCUT2D eigenvalue weighted by molar-refractivity contribution is -0.120. The van der Waals surface area contributed by atoms with E-state index in [1.807, 2.05) is 11.8 Å². The molecule has 1 fully saturated rings. The van der Waals surface area contributed by atoms with Crippen LogP contribution in [0.1, 0.15) is 18.5 Å². The van der Waals surface area contributed by atoms with Crippen LogP contribution in [0, 0.1) is 0 Å². The fourth-order valence-electron chi connectivity index (χ4n) is 1.80. The minimum atomic E-state index is 0. The average Bonchev–Trinajstić information content (AvgIpc) is 2.83. The van der Waals surface area contributed by atoms with Gasteiger partial charge in [-0.1, -0.05) is 0 Å². The maximum absolute atomic E-state index is 11.7. The van der Waals surface area contributed by atoms with Gasteiger partial charge in [-0.25, -0.2) is 0 Å². The second kappa shape index (κ2) is 7.48. The zero-order valence-electron chi connectivity index (χ0n) is 10.1. The van der Waals surface area contributed by atoms with Crippen molar-refractivity contribution in [3.8, 4) is 0 Å². The number of anilines is 1. The lowest BCUT2D eigenvalue weighted by Crippen LogP contribution is -2.31. The van der Waals surface area contributed by atoms with Gasteiger partial charge in [-0.2, -0.15) is 11.8 Å². The molecule has 0 aromatic carbocycles. The van der Waals surface area contributed by atoms with E-state index in [0.717, 1.165) is 12.2 Å². The smallest absolute Gasteiger partial charge is 0.226 e. The van der Waals surface area contributed by atoms with Crippen molar-refractivity contribution in [1.82, 2.24) is 10.3 Å². The van der Waals surface area contributed by atoms with E-state index in [1.54, 1.807) is 18.3 Å². The van der Waals surface area contributed by atoms with Crippen LogP contribution >= 0.6 is 24.2 Å². The van der Waals surface area contributed by atoms with Crippen LogP contribution < -0.4 is 11.1 Å². The van der Waals surface area contributed by atoms with Crippen molar-refractivity contribution in [3.63, 3.8) is 0 Å². The van der Waals surface area contributed by atoms with Crippen molar-refractivity contribution in [2.75, 3.05) is 18.0 Å². The van der Waals surface area contributed by atoms with Gasteiger partial charge in [0.1, 0.15) is 0 Å². The third kappa shape index (κ3) is 4.74. The summed E-state index contributed by atoms with van der Waals surface area (Å²) >= 11 is 1.95. The number of rotatable bonds is 4. The molecule has 1 aromatic rings. The van der Waals surface area contributed by atoms with Crippen molar-refractivity contribution in [1.29, 1.82) is 0 Å². The summed E-state index contributed by atoms with van der Waals surface area (Å²) in [5.41, 5.74) is 6.91. The van der Waals surface area contributed by atoms with Gasteiger partial charge in [0.2, 0.25) is 5.91 Å². The van der Waals surface area contributed by atoms with Crippen molar-refractivity contribution in [3.05, 3.63) is 24.0 Å². The van der Waals surface area contributed by atoms with E-state index in [4.69, 9.17) is 5.73 Å². The number of hydrogen-bond acceptors (Lipinski definition) is 4. The van der Waals surface area contributed by atoms with Crippen LogP contribution in [-0.2, 0) is 11.2 Å². The predicted octanol–water partition coefficient (Wildman–Crippen LogP) is 1.64. The molecule has 2 rings (SSSR count). The predicted molar refractivity (Wildman–Crippen MR) is 78.1 cm³/mol. The number of nitrogens with zero attached hydrogens (tertiary/aromatic N) is 1. The summed E-state index contributed by atoms with van der Waals surface area (Å²) in [7, 11) is 0. The molecule has 1 aromatic heterocycles. The molecule has 0 aliphatic carbocycles. The van der Waals surface area contributed by atoms with E-state index < -0.39 is 0 Å². The number of nitrogens with one attached hydrogen (secondary N) is 1. The van der Waals surface area contributed by atoms with Gasteiger partial charge in [-0.05, 0) is 30.7 Å². The van der Waals surface area contributed by atoms with Gasteiger partial charge >= 0.3 is 0 Å². The molecule has 4 nitrogen and oxygen atoms in total. The fraction of sp³-hybridized carbons (Fsp3) is 0.500.